The Hall–Kier alpha value is -2.75. The second kappa shape index (κ2) is 5.71. The minimum atomic E-state index is 0.0833. The molecule has 120 valence electrons. The molecule has 1 saturated carbocycles. The minimum absolute atomic E-state index is 0.0833. The van der Waals surface area contributed by atoms with E-state index < -0.39 is 0 Å². The maximum Gasteiger partial charge on any atom is 0.228 e. The highest BCUT2D eigenvalue weighted by Crippen LogP contribution is 2.31. The average Bonchev–Trinajstić information content (AvgIpc) is 3.42. The van der Waals surface area contributed by atoms with E-state index in [-0.39, 0.29) is 11.8 Å². The van der Waals surface area contributed by atoms with Crippen LogP contribution in [0.15, 0.2) is 42.7 Å². The van der Waals surface area contributed by atoms with Crippen LogP contribution in [0.5, 0.6) is 0 Å². The van der Waals surface area contributed by atoms with Crippen molar-refractivity contribution < 1.29 is 4.79 Å². The SMILES string of the molecule is Cc1cnc(C)c(-c2ccc3cc(NC(=O)C4CC4)ncc3c2)c1. The molecule has 0 bridgehead atoms. The summed E-state index contributed by atoms with van der Waals surface area (Å²) in [6.45, 7) is 4.07. The monoisotopic (exact) mass is 317 g/mol. The number of anilines is 1. The lowest BCUT2D eigenvalue weighted by atomic mass is 10.00. The lowest BCUT2D eigenvalue weighted by Gasteiger charge is -2.09. The molecule has 2 heterocycles. The van der Waals surface area contributed by atoms with Gasteiger partial charge in [0.25, 0.3) is 0 Å². The van der Waals surface area contributed by atoms with Gasteiger partial charge in [0, 0.05) is 35.0 Å². The number of rotatable bonds is 3. The number of benzene rings is 1. The largest absolute Gasteiger partial charge is 0.310 e. The van der Waals surface area contributed by atoms with Crippen LogP contribution in [0.2, 0.25) is 0 Å². The molecule has 3 aromatic rings. The van der Waals surface area contributed by atoms with E-state index in [2.05, 4.69) is 39.6 Å². The maximum atomic E-state index is 11.9. The Labute approximate surface area is 141 Å². The van der Waals surface area contributed by atoms with Gasteiger partial charge in [-0.25, -0.2) is 4.98 Å². The zero-order valence-corrected chi connectivity index (χ0v) is 13.8. The molecule has 4 nitrogen and oxygen atoms in total. The molecule has 4 rings (SSSR count). The molecule has 0 aliphatic heterocycles. The Bertz CT molecular complexity index is 945. The van der Waals surface area contributed by atoms with Crippen molar-refractivity contribution in [2.75, 3.05) is 5.32 Å². The van der Waals surface area contributed by atoms with E-state index in [0.717, 1.165) is 46.0 Å². The summed E-state index contributed by atoms with van der Waals surface area (Å²) in [6, 6.07) is 10.4. The number of carbonyl (C=O) groups excluding carboxylic acids is 1. The summed E-state index contributed by atoms with van der Waals surface area (Å²) in [7, 11) is 0. The predicted molar refractivity (Wildman–Crippen MR) is 95.8 cm³/mol. The Morgan fingerprint density at radius 2 is 1.88 bits per heavy atom. The fourth-order valence-corrected chi connectivity index (χ4v) is 2.88. The molecule has 0 spiro atoms. The molecule has 0 saturated heterocycles. The Kier molecular flexibility index (Phi) is 3.53. The number of aromatic nitrogens is 2. The predicted octanol–water partition coefficient (Wildman–Crippen LogP) is 4.26. The zero-order chi connectivity index (χ0) is 16.7. The standard InChI is InChI=1S/C20H19N3O/c1-12-7-18(13(2)21-10-12)16-6-5-15-9-19(22-11-17(15)8-16)23-20(24)14-3-4-14/h5-11,14H,3-4H2,1-2H3,(H,22,23,24). The summed E-state index contributed by atoms with van der Waals surface area (Å²) in [5.74, 6) is 0.891. The second-order valence-electron chi connectivity index (χ2n) is 6.54. The van der Waals surface area contributed by atoms with Crippen LogP contribution >= 0.6 is 0 Å². The third-order valence-corrected chi connectivity index (χ3v) is 4.46. The molecule has 0 atom stereocenters. The van der Waals surface area contributed by atoms with E-state index in [9.17, 15) is 4.79 Å². The van der Waals surface area contributed by atoms with Crippen molar-refractivity contribution in [1.82, 2.24) is 9.97 Å². The molecule has 1 aliphatic carbocycles. The van der Waals surface area contributed by atoms with Gasteiger partial charge in [-0.15, -0.1) is 0 Å². The molecular formula is C20H19N3O. The fraction of sp³-hybridized carbons (Fsp3) is 0.250. The summed E-state index contributed by atoms with van der Waals surface area (Å²) in [5, 5.41) is 5.02. The quantitative estimate of drug-likeness (QED) is 0.785. The topological polar surface area (TPSA) is 54.9 Å². The first-order chi connectivity index (χ1) is 11.6. The number of aryl methyl sites for hydroxylation is 2. The summed E-state index contributed by atoms with van der Waals surface area (Å²) < 4.78 is 0. The van der Waals surface area contributed by atoms with Gasteiger partial charge in [-0.1, -0.05) is 12.1 Å². The van der Waals surface area contributed by atoms with Crippen LogP contribution in [0.4, 0.5) is 5.82 Å². The highest BCUT2D eigenvalue weighted by Gasteiger charge is 2.29. The first-order valence-electron chi connectivity index (χ1n) is 8.24. The molecule has 1 amide bonds. The third kappa shape index (κ3) is 2.87. The van der Waals surface area contributed by atoms with Crippen molar-refractivity contribution in [3.63, 3.8) is 0 Å². The second-order valence-corrected chi connectivity index (χ2v) is 6.54. The lowest BCUT2D eigenvalue weighted by molar-refractivity contribution is -0.117. The summed E-state index contributed by atoms with van der Waals surface area (Å²) >= 11 is 0. The normalized spacial score (nSPS) is 13.9. The number of hydrogen-bond donors (Lipinski definition) is 1. The van der Waals surface area contributed by atoms with Crippen LogP contribution in [-0.4, -0.2) is 15.9 Å². The molecule has 0 unspecified atom stereocenters. The number of hydrogen-bond acceptors (Lipinski definition) is 3. The van der Waals surface area contributed by atoms with Gasteiger partial charge in [0.15, 0.2) is 0 Å². The molecule has 1 aliphatic rings. The summed E-state index contributed by atoms with van der Waals surface area (Å²) in [4.78, 5) is 20.7. The number of pyridine rings is 2. The maximum absolute atomic E-state index is 11.9. The van der Waals surface area contributed by atoms with Crippen LogP contribution < -0.4 is 5.32 Å². The zero-order valence-electron chi connectivity index (χ0n) is 13.8. The van der Waals surface area contributed by atoms with Gasteiger partial charge in [-0.3, -0.25) is 9.78 Å². The minimum Gasteiger partial charge on any atom is -0.310 e. The Balaban J connectivity index is 1.68. The van der Waals surface area contributed by atoms with Crippen molar-refractivity contribution in [3.8, 4) is 11.1 Å². The van der Waals surface area contributed by atoms with Gasteiger partial charge >= 0.3 is 0 Å². The van der Waals surface area contributed by atoms with Gasteiger partial charge in [0.05, 0.1) is 0 Å². The highest BCUT2D eigenvalue weighted by molar-refractivity contribution is 5.96. The fourth-order valence-electron chi connectivity index (χ4n) is 2.88. The third-order valence-electron chi connectivity index (χ3n) is 4.46. The van der Waals surface area contributed by atoms with Gasteiger partial charge in [0.2, 0.25) is 5.91 Å². The van der Waals surface area contributed by atoms with E-state index in [0.29, 0.717) is 5.82 Å². The number of amides is 1. The molecule has 1 aromatic carbocycles. The summed E-state index contributed by atoms with van der Waals surface area (Å²) in [5.41, 5.74) is 4.43. The smallest absolute Gasteiger partial charge is 0.228 e. The average molecular weight is 317 g/mol. The van der Waals surface area contributed by atoms with Crippen LogP contribution in [0.3, 0.4) is 0 Å². The van der Waals surface area contributed by atoms with Crippen molar-refractivity contribution in [2.45, 2.75) is 26.7 Å². The number of carbonyl (C=O) groups is 1. The first-order valence-corrected chi connectivity index (χ1v) is 8.24. The number of nitrogens with zero attached hydrogens (tertiary/aromatic N) is 2. The van der Waals surface area contributed by atoms with Crippen LogP contribution in [0.25, 0.3) is 21.9 Å². The van der Waals surface area contributed by atoms with Crippen LogP contribution in [0, 0.1) is 19.8 Å². The van der Waals surface area contributed by atoms with Gasteiger partial charge in [-0.05, 0) is 61.4 Å². The van der Waals surface area contributed by atoms with E-state index in [1.807, 2.05) is 32.3 Å². The lowest BCUT2D eigenvalue weighted by Crippen LogP contribution is -2.14. The molecule has 1 N–H and O–H groups in total. The molecule has 2 aromatic heterocycles. The molecule has 0 radical (unpaired) electrons. The van der Waals surface area contributed by atoms with Crippen LogP contribution in [0.1, 0.15) is 24.1 Å². The molecular weight excluding hydrogens is 298 g/mol. The summed E-state index contributed by atoms with van der Waals surface area (Å²) in [6.07, 6.45) is 5.69. The van der Waals surface area contributed by atoms with Gasteiger partial charge in [0.1, 0.15) is 5.82 Å². The Morgan fingerprint density at radius 3 is 2.67 bits per heavy atom. The molecule has 1 fully saturated rings. The van der Waals surface area contributed by atoms with E-state index >= 15 is 0 Å². The highest BCUT2D eigenvalue weighted by atomic mass is 16.2. The first kappa shape index (κ1) is 14.8. The Morgan fingerprint density at radius 1 is 1.04 bits per heavy atom. The van der Waals surface area contributed by atoms with Crippen molar-refractivity contribution in [3.05, 3.63) is 54.0 Å². The van der Waals surface area contributed by atoms with Crippen LogP contribution in [-0.2, 0) is 4.79 Å². The van der Waals surface area contributed by atoms with Crippen molar-refractivity contribution in [2.24, 2.45) is 5.92 Å². The van der Waals surface area contributed by atoms with Crippen molar-refractivity contribution in [1.29, 1.82) is 0 Å². The number of nitrogens with one attached hydrogen (secondary N) is 1. The van der Waals surface area contributed by atoms with Gasteiger partial charge in [-0.2, -0.15) is 0 Å². The van der Waals surface area contributed by atoms with Gasteiger partial charge < -0.3 is 5.32 Å². The van der Waals surface area contributed by atoms with E-state index in [1.165, 1.54) is 0 Å². The van der Waals surface area contributed by atoms with E-state index in [4.69, 9.17) is 0 Å². The molecule has 24 heavy (non-hydrogen) atoms. The number of fused-ring (bicyclic) bond motifs is 1. The molecule has 4 heteroatoms. The van der Waals surface area contributed by atoms with Crippen molar-refractivity contribution >= 4 is 22.5 Å². The van der Waals surface area contributed by atoms with E-state index in [1.54, 1.807) is 0 Å².